The van der Waals surface area contributed by atoms with E-state index in [-0.39, 0.29) is 23.2 Å². The molecule has 4 aromatic rings. The Morgan fingerprint density at radius 3 is 1.86 bits per heavy atom. The Hall–Kier alpha value is -3.96. The number of allylic oxidation sites excluding steroid dienone is 1. The average Bonchev–Trinajstić information content (AvgIpc) is 3.37. The summed E-state index contributed by atoms with van der Waals surface area (Å²) in [4.78, 5) is 26.6. The zero-order valence-electron chi connectivity index (χ0n) is 19.6. The molecule has 1 aliphatic rings. The van der Waals surface area contributed by atoms with Crippen LogP contribution in [0, 0.1) is 12.8 Å². The van der Waals surface area contributed by atoms with Gasteiger partial charge in [-0.15, -0.1) is 0 Å². The number of nitrogens with one attached hydrogen (secondary N) is 1. The van der Waals surface area contributed by atoms with Gasteiger partial charge in [0.2, 0.25) is 0 Å². The van der Waals surface area contributed by atoms with Gasteiger partial charge in [0, 0.05) is 17.7 Å². The van der Waals surface area contributed by atoms with Crippen LogP contribution in [0.2, 0.25) is 0 Å². The highest BCUT2D eigenvalue weighted by molar-refractivity contribution is 5.47. The highest BCUT2D eigenvalue weighted by Crippen LogP contribution is 2.41. The second-order valence-corrected chi connectivity index (χ2v) is 9.02. The molecular formula is C30H28N2O3. The highest BCUT2D eigenvalue weighted by Gasteiger charge is 2.38. The van der Waals surface area contributed by atoms with E-state index in [1.54, 1.807) is 17.7 Å². The van der Waals surface area contributed by atoms with Crippen LogP contribution in [0.5, 0.6) is 0 Å². The van der Waals surface area contributed by atoms with Crippen molar-refractivity contribution in [2.24, 2.45) is 5.92 Å². The van der Waals surface area contributed by atoms with Crippen molar-refractivity contribution in [1.82, 2.24) is 9.55 Å². The number of ether oxygens (including phenoxy) is 1. The Kier molecular flexibility index (Phi) is 6.34. The molecule has 0 fully saturated rings. The molecule has 1 N–H and O–H groups in total. The minimum absolute atomic E-state index is 0.119. The molecule has 0 saturated heterocycles. The van der Waals surface area contributed by atoms with E-state index in [1.165, 1.54) is 0 Å². The first-order valence-electron chi connectivity index (χ1n) is 11.9. The Morgan fingerprint density at radius 1 is 0.829 bits per heavy atom. The third kappa shape index (κ3) is 4.43. The summed E-state index contributed by atoms with van der Waals surface area (Å²) in [6.07, 6.45) is 6.51. The largest absolute Gasteiger partial charge is 0.360 e. The smallest absolute Gasteiger partial charge is 0.328 e. The van der Waals surface area contributed by atoms with Crippen molar-refractivity contribution in [3.63, 3.8) is 0 Å². The first-order chi connectivity index (χ1) is 17.1. The van der Waals surface area contributed by atoms with Crippen molar-refractivity contribution in [1.29, 1.82) is 0 Å². The van der Waals surface area contributed by atoms with Crippen LogP contribution >= 0.6 is 0 Å². The first kappa shape index (κ1) is 22.8. The van der Waals surface area contributed by atoms with Crippen molar-refractivity contribution < 1.29 is 4.74 Å². The lowest BCUT2D eigenvalue weighted by Gasteiger charge is -2.36. The number of rotatable bonds is 7. The van der Waals surface area contributed by atoms with E-state index < -0.39 is 5.60 Å². The lowest BCUT2D eigenvalue weighted by molar-refractivity contribution is -0.00166. The lowest BCUT2D eigenvalue weighted by atomic mass is 9.80. The second-order valence-electron chi connectivity index (χ2n) is 9.02. The zero-order chi connectivity index (χ0) is 24.3. The molecule has 0 aliphatic heterocycles. The second kappa shape index (κ2) is 9.72. The molecule has 5 heteroatoms. The molecule has 0 amide bonds. The van der Waals surface area contributed by atoms with E-state index in [9.17, 15) is 9.59 Å². The summed E-state index contributed by atoms with van der Waals surface area (Å²) in [5.41, 5.74) is 2.20. The molecule has 0 bridgehead atoms. The van der Waals surface area contributed by atoms with E-state index >= 15 is 0 Å². The van der Waals surface area contributed by atoms with Gasteiger partial charge in [0.15, 0.2) is 0 Å². The zero-order valence-corrected chi connectivity index (χ0v) is 19.6. The fraction of sp³-hybridized carbons (Fsp3) is 0.200. The van der Waals surface area contributed by atoms with Gasteiger partial charge in [-0.2, -0.15) is 0 Å². The van der Waals surface area contributed by atoms with Gasteiger partial charge >= 0.3 is 5.69 Å². The fourth-order valence-corrected chi connectivity index (χ4v) is 4.92. The van der Waals surface area contributed by atoms with Gasteiger partial charge in [-0.05, 0) is 30.0 Å². The van der Waals surface area contributed by atoms with E-state index in [1.807, 2.05) is 60.7 Å². The van der Waals surface area contributed by atoms with Crippen LogP contribution in [-0.2, 0) is 10.3 Å². The molecule has 0 unspecified atom stereocenters. The maximum absolute atomic E-state index is 12.4. The summed E-state index contributed by atoms with van der Waals surface area (Å²) in [6.45, 7) is 2.19. The van der Waals surface area contributed by atoms with Crippen molar-refractivity contribution in [3.05, 3.63) is 152 Å². The molecule has 176 valence electrons. The quantitative estimate of drug-likeness (QED) is 0.310. The van der Waals surface area contributed by atoms with Crippen molar-refractivity contribution >= 4 is 0 Å². The Balaban J connectivity index is 1.48. The Bertz CT molecular complexity index is 1330. The molecule has 0 saturated carbocycles. The molecule has 1 aliphatic carbocycles. The standard InChI is InChI=1S/C30H28N2O3/c1-22-20-32(29(34)31-28(22)33)27-18-17-23(19-27)21-35-30(24-11-5-2-6-12-24,25-13-7-3-8-14-25)26-15-9-4-10-16-26/h2-18,20,23,27H,19,21H2,1H3,(H,31,33,34)/t23-,27+/m1/s1. The van der Waals surface area contributed by atoms with Crippen LogP contribution in [0.15, 0.2) is 119 Å². The summed E-state index contributed by atoms with van der Waals surface area (Å²) in [5, 5.41) is 0. The van der Waals surface area contributed by atoms with Crippen LogP contribution < -0.4 is 11.2 Å². The van der Waals surface area contributed by atoms with Crippen LogP contribution in [0.25, 0.3) is 0 Å². The molecule has 5 nitrogen and oxygen atoms in total. The number of benzene rings is 3. The molecule has 0 spiro atoms. The minimum atomic E-state index is -0.777. The fourth-order valence-electron chi connectivity index (χ4n) is 4.92. The lowest BCUT2D eigenvalue weighted by Crippen LogP contribution is -2.35. The summed E-state index contributed by atoms with van der Waals surface area (Å²) in [5.74, 6) is 0.120. The van der Waals surface area contributed by atoms with Gasteiger partial charge < -0.3 is 4.74 Å². The maximum atomic E-state index is 12.4. The van der Waals surface area contributed by atoms with Crippen LogP contribution in [-0.4, -0.2) is 16.2 Å². The van der Waals surface area contributed by atoms with Gasteiger partial charge in [-0.3, -0.25) is 14.3 Å². The van der Waals surface area contributed by atoms with Gasteiger partial charge in [-0.1, -0.05) is 103 Å². The summed E-state index contributed by atoms with van der Waals surface area (Å²) < 4.78 is 8.54. The maximum Gasteiger partial charge on any atom is 0.328 e. The highest BCUT2D eigenvalue weighted by atomic mass is 16.5. The number of H-pyrrole nitrogens is 1. The predicted molar refractivity (Wildman–Crippen MR) is 138 cm³/mol. The Labute approximate surface area is 204 Å². The first-order valence-corrected chi connectivity index (χ1v) is 11.9. The number of aromatic amines is 1. The van der Waals surface area contributed by atoms with Crippen molar-refractivity contribution in [2.45, 2.75) is 25.0 Å². The molecule has 1 aromatic heterocycles. The van der Waals surface area contributed by atoms with Crippen LogP contribution in [0.1, 0.15) is 34.7 Å². The van der Waals surface area contributed by atoms with Gasteiger partial charge in [0.05, 0.1) is 12.6 Å². The third-order valence-electron chi connectivity index (χ3n) is 6.71. The van der Waals surface area contributed by atoms with E-state index in [2.05, 4.69) is 47.5 Å². The molecular weight excluding hydrogens is 436 g/mol. The van der Waals surface area contributed by atoms with Crippen molar-refractivity contribution in [2.75, 3.05) is 6.61 Å². The monoisotopic (exact) mass is 464 g/mol. The molecule has 0 radical (unpaired) electrons. The number of hydrogen-bond acceptors (Lipinski definition) is 3. The van der Waals surface area contributed by atoms with E-state index in [4.69, 9.17) is 4.74 Å². The topological polar surface area (TPSA) is 64.1 Å². The van der Waals surface area contributed by atoms with E-state index in [0.29, 0.717) is 12.2 Å². The SMILES string of the molecule is Cc1cn([C@H]2C=C[C@@H](COC(c3ccccc3)(c3ccccc3)c3ccccc3)C2)c(=O)[nH]c1=O. The van der Waals surface area contributed by atoms with Gasteiger partial charge in [-0.25, -0.2) is 4.79 Å². The molecule has 1 heterocycles. The average molecular weight is 465 g/mol. The third-order valence-corrected chi connectivity index (χ3v) is 6.71. The number of aromatic nitrogens is 2. The summed E-state index contributed by atoms with van der Waals surface area (Å²) in [7, 11) is 0. The number of hydrogen-bond donors (Lipinski definition) is 1. The molecule has 5 rings (SSSR count). The molecule has 2 atom stereocenters. The molecule has 35 heavy (non-hydrogen) atoms. The number of aryl methyl sites for hydroxylation is 1. The predicted octanol–water partition coefficient (Wildman–Crippen LogP) is 4.97. The van der Waals surface area contributed by atoms with E-state index in [0.717, 1.165) is 23.1 Å². The normalized spacial score (nSPS) is 17.5. The summed E-state index contributed by atoms with van der Waals surface area (Å²) >= 11 is 0. The molecule has 3 aromatic carbocycles. The summed E-state index contributed by atoms with van der Waals surface area (Å²) in [6, 6.07) is 30.8. The van der Waals surface area contributed by atoms with Crippen LogP contribution in [0.3, 0.4) is 0 Å². The van der Waals surface area contributed by atoms with Gasteiger partial charge in [0.25, 0.3) is 5.56 Å². The van der Waals surface area contributed by atoms with Crippen molar-refractivity contribution in [3.8, 4) is 0 Å². The van der Waals surface area contributed by atoms with Crippen LogP contribution in [0.4, 0.5) is 0 Å². The number of nitrogens with zero attached hydrogens (tertiary/aromatic N) is 1. The van der Waals surface area contributed by atoms with Gasteiger partial charge in [0.1, 0.15) is 5.60 Å². The Morgan fingerprint density at radius 2 is 1.34 bits per heavy atom. The minimum Gasteiger partial charge on any atom is -0.360 e.